The molecule has 0 bridgehead atoms. The number of hydrogen-bond donors (Lipinski definition) is 1. The summed E-state index contributed by atoms with van der Waals surface area (Å²) >= 11 is 0. The van der Waals surface area contributed by atoms with Gasteiger partial charge in [-0.3, -0.25) is 0 Å². The maximum absolute atomic E-state index is 10.4. The highest BCUT2D eigenvalue weighted by Crippen LogP contribution is 1.86. The summed E-state index contributed by atoms with van der Waals surface area (Å²) in [5.74, 6) is 0. The van der Waals surface area contributed by atoms with E-state index in [1.165, 1.54) is 14.1 Å². The second-order valence-corrected chi connectivity index (χ2v) is 3.14. The summed E-state index contributed by atoms with van der Waals surface area (Å²) in [4.78, 5) is 3.50. The average molecular weight is 166 g/mol. The minimum atomic E-state index is -3.44. The number of hydrogen-bond acceptors (Lipinski definition) is 4. The standard InChI is InChI=1S/C4H10N2O3S/c1-5-4(6-2)9-10(3,7)8/h1-3H3,(H,5,6). The Morgan fingerprint density at radius 3 is 2.20 bits per heavy atom. The third-order valence-electron chi connectivity index (χ3n) is 0.647. The van der Waals surface area contributed by atoms with Gasteiger partial charge in [-0.05, 0) is 0 Å². The van der Waals surface area contributed by atoms with Crippen LogP contribution in [0.4, 0.5) is 0 Å². The van der Waals surface area contributed by atoms with Crippen LogP contribution < -0.4 is 5.32 Å². The van der Waals surface area contributed by atoms with E-state index in [-0.39, 0.29) is 6.02 Å². The Hall–Kier alpha value is -0.780. The van der Waals surface area contributed by atoms with Gasteiger partial charge in [0.25, 0.3) is 0 Å². The zero-order valence-electron chi connectivity index (χ0n) is 6.08. The van der Waals surface area contributed by atoms with E-state index in [4.69, 9.17) is 0 Å². The van der Waals surface area contributed by atoms with Crippen molar-refractivity contribution >= 4 is 16.1 Å². The number of amidine groups is 1. The summed E-state index contributed by atoms with van der Waals surface area (Å²) in [6.07, 6.45) is 0.954. The molecule has 0 saturated heterocycles. The summed E-state index contributed by atoms with van der Waals surface area (Å²) in [6, 6.07) is -0.0116. The Kier molecular flexibility index (Phi) is 3.14. The summed E-state index contributed by atoms with van der Waals surface area (Å²) in [7, 11) is -0.492. The zero-order valence-corrected chi connectivity index (χ0v) is 6.90. The van der Waals surface area contributed by atoms with E-state index in [9.17, 15) is 8.42 Å². The van der Waals surface area contributed by atoms with Crippen LogP contribution >= 0.6 is 0 Å². The minimum Gasteiger partial charge on any atom is -0.346 e. The second-order valence-electron chi connectivity index (χ2n) is 1.57. The first-order valence-electron chi connectivity index (χ1n) is 2.53. The van der Waals surface area contributed by atoms with Crippen molar-refractivity contribution in [3.8, 4) is 0 Å². The van der Waals surface area contributed by atoms with Gasteiger partial charge in [-0.2, -0.15) is 8.42 Å². The maximum Gasteiger partial charge on any atom is 0.308 e. The van der Waals surface area contributed by atoms with Crippen LogP contribution in [-0.2, 0) is 14.3 Å². The summed E-state index contributed by atoms with van der Waals surface area (Å²) in [5.41, 5.74) is 0. The molecule has 0 heterocycles. The molecule has 0 atom stereocenters. The number of nitrogens with one attached hydrogen (secondary N) is 1. The van der Waals surface area contributed by atoms with E-state index in [1.54, 1.807) is 0 Å². The average Bonchev–Trinajstić information content (AvgIpc) is 1.81. The minimum absolute atomic E-state index is 0.0116. The Morgan fingerprint density at radius 2 is 2.10 bits per heavy atom. The lowest BCUT2D eigenvalue weighted by atomic mass is 11.0. The molecule has 0 aromatic rings. The predicted octanol–water partition coefficient (Wildman–Crippen LogP) is -0.832. The van der Waals surface area contributed by atoms with Crippen molar-refractivity contribution in [2.75, 3.05) is 20.4 Å². The second kappa shape index (κ2) is 3.40. The van der Waals surface area contributed by atoms with E-state index in [2.05, 4.69) is 14.5 Å². The van der Waals surface area contributed by atoms with Gasteiger partial charge < -0.3 is 9.50 Å². The molecular formula is C4H10N2O3S. The van der Waals surface area contributed by atoms with Crippen LogP contribution in [0.25, 0.3) is 0 Å². The van der Waals surface area contributed by atoms with Crippen LogP contribution in [0.3, 0.4) is 0 Å². The highest BCUT2D eigenvalue weighted by atomic mass is 32.2. The SMILES string of the molecule is CN=C(NC)OS(C)(=O)=O. The highest BCUT2D eigenvalue weighted by Gasteiger charge is 2.04. The first-order valence-corrected chi connectivity index (χ1v) is 4.35. The molecule has 0 aromatic carbocycles. The van der Waals surface area contributed by atoms with Crippen molar-refractivity contribution in [3.63, 3.8) is 0 Å². The Morgan fingerprint density at radius 1 is 1.60 bits per heavy atom. The lowest BCUT2D eigenvalue weighted by molar-refractivity contribution is 0.476. The Bertz CT molecular complexity index is 219. The van der Waals surface area contributed by atoms with Crippen molar-refractivity contribution < 1.29 is 12.6 Å². The Labute approximate surface area is 60.2 Å². The molecule has 0 rings (SSSR count). The largest absolute Gasteiger partial charge is 0.346 e. The molecule has 10 heavy (non-hydrogen) atoms. The molecule has 0 fully saturated rings. The fraction of sp³-hybridized carbons (Fsp3) is 0.750. The molecule has 0 spiro atoms. The monoisotopic (exact) mass is 166 g/mol. The molecule has 0 aliphatic rings. The molecule has 5 nitrogen and oxygen atoms in total. The fourth-order valence-electron chi connectivity index (χ4n) is 0.334. The van der Waals surface area contributed by atoms with Crippen molar-refractivity contribution in [2.24, 2.45) is 4.99 Å². The van der Waals surface area contributed by atoms with Gasteiger partial charge >= 0.3 is 16.1 Å². The van der Waals surface area contributed by atoms with Crippen LogP contribution in [0, 0.1) is 0 Å². The van der Waals surface area contributed by atoms with Crippen LogP contribution in [-0.4, -0.2) is 34.8 Å². The van der Waals surface area contributed by atoms with Gasteiger partial charge in [-0.1, -0.05) is 0 Å². The van der Waals surface area contributed by atoms with Gasteiger partial charge in [-0.25, -0.2) is 4.99 Å². The van der Waals surface area contributed by atoms with Crippen LogP contribution in [0.15, 0.2) is 4.99 Å². The van der Waals surface area contributed by atoms with E-state index >= 15 is 0 Å². The predicted molar refractivity (Wildman–Crippen MR) is 38.3 cm³/mol. The first-order chi connectivity index (χ1) is 4.49. The van der Waals surface area contributed by atoms with Gasteiger partial charge in [0.2, 0.25) is 0 Å². The third-order valence-corrected chi connectivity index (χ3v) is 1.11. The van der Waals surface area contributed by atoms with E-state index in [0.717, 1.165) is 6.26 Å². The van der Waals surface area contributed by atoms with Crippen LogP contribution in [0.1, 0.15) is 0 Å². The lowest BCUT2D eigenvalue weighted by Gasteiger charge is -2.02. The van der Waals surface area contributed by atoms with Crippen molar-refractivity contribution in [1.82, 2.24) is 5.32 Å². The molecule has 0 saturated carbocycles. The summed E-state index contributed by atoms with van der Waals surface area (Å²) in [6.45, 7) is 0. The van der Waals surface area contributed by atoms with Gasteiger partial charge in [0, 0.05) is 14.1 Å². The summed E-state index contributed by atoms with van der Waals surface area (Å²) < 4.78 is 25.2. The van der Waals surface area contributed by atoms with Crippen molar-refractivity contribution in [2.45, 2.75) is 0 Å². The molecule has 1 N–H and O–H groups in total. The van der Waals surface area contributed by atoms with Gasteiger partial charge in [-0.15, -0.1) is 0 Å². The fourth-order valence-corrected chi connectivity index (χ4v) is 0.779. The molecule has 6 heteroatoms. The molecule has 60 valence electrons. The zero-order chi connectivity index (χ0) is 8.20. The van der Waals surface area contributed by atoms with Crippen LogP contribution in [0.2, 0.25) is 0 Å². The molecule has 0 aliphatic heterocycles. The molecule has 0 unspecified atom stereocenters. The molecule has 0 aromatic heterocycles. The maximum atomic E-state index is 10.4. The van der Waals surface area contributed by atoms with E-state index < -0.39 is 10.1 Å². The molecule has 0 radical (unpaired) electrons. The van der Waals surface area contributed by atoms with Gasteiger partial charge in [0.15, 0.2) is 0 Å². The number of nitrogens with zero attached hydrogens (tertiary/aromatic N) is 1. The van der Waals surface area contributed by atoms with E-state index in [0.29, 0.717) is 0 Å². The van der Waals surface area contributed by atoms with E-state index in [1.807, 2.05) is 0 Å². The van der Waals surface area contributed by atoms with Crippen molar-refractivity contribution in [3.05, 3.63) is 0 Å². The normalized spacial score (nSPS) is 12.9. The topological polar surface area (TPSA) is 67.8 Å². The highest BCUT2D eigenvalue weighted by molar-refractivity contribution is 7.86. The van der Waals surface area contributed by atoms with Crippen molar-refractivity contribution in [1.29, 1.82) is 0 Å². The molecular weight excluding hydrogens is 156 g/mol. The molecule has 0 aliphatic carbocycles. The summed E-state index contributed by atoms with van der Waals surface area (Å²) in [5, 5.41) is 2.46. The Balaban J connectivity index is 4.16. The van der Waals surface area contributed by atoms with Crippen LogP contribution in [0.5, 0.6) is 0 Å². The third kappa shape index (κ3) is 4.13. The number of aliphatic imine (C=N–C) groups is 1. The lowest BCUT2D eigenvalue weighted by Crippen LogP contribution is -2.24. The quantitative estimate of drug-likeness (QED) is 0.313. The smallest absolute Gasteiger partial charge is 0.308 e. The number of rotatable bonds is 1. The van der Waals surface area contributed by atoms with Gasteiger partial charge in [0.05, 0.1) is 6.26 Å². The van der Waals surface area contributed by atoms with Gasteiger partial charge in [0.1, 0.15) is 0 Å². The molecule has 0 amide bonds. The first kappa shape index (κ1) is 9.22.